The van der Waals surface area contributed by atoms with Gasteiger partial charge < -0.3 is 10.2 Å². The highest BCUT2D eigenvalue weighted by molar-refractivity contribution is 6.30. The van der Waals surface area contributed by atoms with Crippen LogP contribution in [0.1, 0.15) is 39.2 Å². The second-order valence-electron chi connectivity index (χ2n) is 5.34. The first kappa shape index (κ1) is 16.3. The Kier molecular flexibility index (Phi) is 7.25. The van der Waals surface area contributed by atoms with Gasteiger partial charge in [0.2, 0.25) is 0 Å². The predicted octanol–water partition coefficient (Wildman–Crippen LogP) is 4.32. The first-order chi connectivity index (χ1) is 9.08. The summed E-state index contributed by atoms with van der Waals surface area (Å²) in [5, 5.41) is 4.27. The maximum atomic E-state index is 6.15. The molecule has 1 aromatic rings. The summed E-state index contributed by atoms with van der Waals surface area (Å²) < 4.78 is 0. The molecule has 0 aliphatic rings. The topological polar surface area (TPSA) is 15.3 Å². The quantitative estimate of drug-likeness (QED) is 0.714. The van der Waals surface area contributed by atoms with Crippen molar-refractivity contribution in [3.8, 4) is 0 Å². The maximum Gasteiger partial charge on any atom is 0.0426 e. The molecule has 1 unspecified atom stereocenters. The molecule has 0 saturated carbocycles. The van der Waals surface area contributed by atoms with Gasteiger partial charge in [0.25, 0.3) is 0 Å². The van der Waals surface area contributed by atoms with Crippen molar-refractivity contribution in [2.75, 3.05) is 25.0 Å². The molecule has 108 valence electrons. The summed E-state index contributed by atoms with van der Waals surface area (Å²) in [5.41, 5.74) is 2.57. The predicted molar refractivity (Wildman–Crippen MR) is 86.2 cm³/mol. The molecule has 0 radical (unpaired) electrons. The van der Waals surface area contributed by atoms with Gasteiger partial charge in [-0.05, 0) is 36.6 Å². The Morgan fingerprint density at radius 1 is 1.32 bits per heavy atom. The third-order valence-corrected chi connectivity index (χ3v) is 3.72. The maximum absolute atomic E-state index is 6.15. The highest BCUT2D eigenvalue weighted by Crippen LogP contribution is 2.25. The molecule has 1 N–H and O–H groups in total. The zero-order valence-corrected chi connectivity index (χ0v) is 13.4. The Hall–Kier alpha value is -0.730. The standard InChI is InChI=1S/C16H27ClN2/c1-5-9-18-11-14-7-8-15(17)10-16(14)19(4)12-13(3)6-2/h7-8,10,13,18H,5-6,9,11-12H2,1-4H3. The van der Waals surface area contributed by atoms with Crippen LogP contribution in [0.4, 0.5) is 5.69 Å². The fourth-order valence-electron chi connectivity index (χ4n) is 2.14. The summed E-state index contributed by atoms with van der Waals surface area (Å²) in [6.45, 7) is 9.74. The SMILES string of the molecule is CCCNCc1ccc(Cl)cc1N(C)CC(C)CC. The summed E-state index contributed by atoms with van der Waals surface area (Å²) in [6.07, 6.45) is 2.36. The van der Waals surface area contributed by atoms with Crippen LogP contribution in [0.15, 0.2) is 18.2 Å². The number of hydrogen-bond acceptors (Lipinski definition) is 2. The smallest absolute Gasteiger partial charge is 0.0426 e. The Morgan fingerprint density at radius 3 is 2.68 bits per heavy atom. The first-order valence-corrected chi connectivity index (χ1v) is 7.66. The van der Waals surface area contributed by atoms with E-state index >= 15 is 0 Å². The number of hydrogen-bond donors (Lipinski definition) is 1. The van der Waals surface area contributed by atoms with Gasteiger partial charge >= 0.3 is 0 Å². The van der Waals surface area contributed by atoms with E-state index in [4.69, 9.17) is 11.6 Å². The van der Waals surface area contributed by atoms with E-state index in [1.165, 1.54) is 17.7 Å². The van der Waals surface area contributed by atoms with Crippen LogP contribution in [0.3, 0.4) is 0 Å². The van der Waals surface area contributed by atoms with Gasteiger partial charge in [0.15, 0.2) is 0 Å². The first-order valence-electron chi connectivity index (χ1n) is 7.28. The molecule has 0 aliphatic heterocycles. The highest BCUT2D eigenvalue weighted by Gasteiger charge is 2.10. The fraction of sp³-hybridized carbons (Fsp3) is 0.625. The molecule has 0 fully saturated rings. The minimum absolute atomic E-state index is 0.695. The lowest BCUT2D eigenvalue weighted by Gasteiger charge is -2.25. The minimum atomic E-state index is 0.695. The van der Waals surface area contributed by atoms with Crippen LogP contribution in [0.2, 0.25) is 5.02 Å². The zero-order chi connectivity index (χ0) is 14.3. The Bertz CT molecular complexity index is 379. The van der Waals surface area contributed by atoms with Crippen LogP contribution < -0.4 is 10.2 Å². The van der Waals surface area contributed by atoms with Crippen molar-refractivity contribution in [3.05, 3.63) is 28.8 Å². The highest BCUT2D eigenvalue weighted by atomic mass is 35.5. The van der Waals surface area contributed by atoms with Gasteiger partial charge in [0.1, 0.15) is 0 Å². The Morgan fingerprint density at radius 2 is 2.05 bits per heavy atom. The van der Waals surface area contributed by atoms with Crippen molar-refractivity contribution in [1.29, 1.82) is 0 Å². The molecule has 0 heterocycles. The third-order valence-electron chi connectivity index (χ3n) is 3.48. The molecule has 1 rings (SSSR count). The molecule has 0 spiro atoms. The lowest BCUT2D eigenvalue weighted by atomic mass is 10.1. The monoisotopic (exact) mass is 282 g/mol. The summed E-state index contributed by atoms with van der Waals surface area (Å²) in [7, 11) is 2.15. The molecular formula is C16H27ClN2. The molecule has 0 aliphatic carbocycles. The van der Waals surface area contributed by atoms with Crippen LogP contribution in [0.5, 0.6) is 0 Å². The summed E-state index contributed by atoms with van der Waals surface area (Å²) in [4.78, 5) is 2.32. The number of halogens is 1. The van der Waals surface area contributed by atoms with Gasteiger partial charge in [-0.1, -0.05) is 44.9 Å². The van der Waals surface area contributed by atoms with Crippen LogP contribution in [0.25, 0.3) is 0 Å². The molecule has 19 heavy (non-hydrogen) atoms. The fourth-order valence-corrected chi connectivity index (χ4v) is 2.30. The van der Waals surface area contributed by atoms with Crippen LogP contribution in [-0.2, 0) is 6.54 Å². The molecule has 0 amide bonds. The average Bonchev–Trinajstić information content (AvgIpc) is 2.40. The summed E-state index contributed by atoms with van der Waals surface area (Å²) in [6, 6.07) is 6.19. The molecular weight excluding hydrogens is 256 g/mol. The van der Waals surface area contributed by atoms with Crippen molar-refractivity contribution < 1.29 is 0 Å². The normalized spacial score (nSPS) is 12.5. The van der Waals surface area contributed by atoms with Gasteiger partial charge in [0, 0.05) is 30.8 Å². The molecule has 1 atom stereocenters. The van der Waals surface area contributed by atoms with E-state index in [9.17, 15) is 0 Å². The van der Waals surface area contributed by atoms with Crippen LogP contribution in [0, 0.1) is 5.92 Å². The van der Waals surface area contributed by atoms with Crippen molar-refractivity contribution in [2.24, 2.45) is 5.92 Å². The summed E-state index contributed by atoms with van der Waals surface area (Å²) in [5.74, 6) is 0.695. The number of anilines is 1. The largest absolute Gasteiger partial charge is 0.374 e. The number of nitrogens with zero attached hydrogens (tertiary/aromatic N) is 1. The van der Waals surface area contributed by atoms with E-state index in [0.29, 0.717) is 5.92 Å². The van der Waals surface area contributed by atoms with E-state index in [1.54, 1.807) is 0 Å². The van der Waals surface area contributed by atoms with Crippen molar-refractivity contribution >= 4 is 17.3 Å². The van der Waals surface area contributed by atoms with E-state index < -0.39 is 0 Å². The number of nitrogens with one attached hydrogen (secondary N) is 1. The molecule has 1 aromatic carbocycles. The van der Waals surface area contributed by atoms with Crippen LogP contribution in [-0.4, -0.2) is 20.1 Å². The second kappa shape index (κ2) is 8.44. The molecule has 0 saturated heterocycles. The van der Waals surface area contributed by atoms with E-state index in [0.717, 1.165) is 31.1 Å². The third kappa shape index (κ3) is 5.42. The Balaban J connectivity index is 2.80. The lowest BCUT2D eigenvalue weighted by Crippen LogP contribution is -2.26. The van der Waals surface area contributed by atoms with E-state index in [1.807, 2.05) is 6.07 Å². The molecule has 3 heteroatoms. The van der Waals surface area contributed by atoms with Crippen molar-refractivity contribution in [1.82, 2.24) is 5.32 Å². The van der Waals surface area contributed by atoms with Gasteiger partial charge in [-0.25, -0.2) is 0 Å². The second-order valence-corrected chi connectivity index (χ2v) is 5.78. The van der Waals surface area contributed by atoms with Crippen LogP contribution >= 0.6 is 11.6 Å². The van der Waals surface area contributed by atoms with Gasteiger partial charge in [-0.15, -0.1) is 0 Å². The van der Waals surface area contributed by atoms with Gasteiger partial charge in [0.05, 0.1) is 0 Å². The van der Waals surface area contributed by atoms with Gasteiger partial charge in [-0.3, -0.25) is 0 Å². The summed E-state index contributed by atoms with van der Waals surface area (Å²) >= 11 is 6.15. The van der Waals surface area contributed by atoms with Crippen molar-refractivity contribution in [2.45, 2.75) is 40.2 Å². The van der Waals surface area contributed by atoms with Gasteiger partial charge in [-0.2, -0.15) is 0 Å². The van der Waals surface area contributed by atoms with Crippen molar-refractivity contribution in [3.63, 3.8) is 0 Å². The lowest BCUT2D eigenvalue weighted by molar-refractivity contribution is 0.558. The average molecular weight is 283 g/mol. The zero-order valence-electron chi connectivity index (χ0n) is 12.7. The molecule has 2 nitrogen and oxygen atoms in total. The molecule has 0 bridgehead atoms. The number of rotatable bonds is 8. The van der Waals surface area contributed by atoms with E-state index in [-0.39, 0.29) is 0 Å². The minimum Gasteiger partial charge on any atom is -0.374 e. The molecule has 0 aromatic heterocycles. The Labute approximate surface area is 123 Å². The van der Waals surface area contributed by atoms with E-state index in [2.05, 4.69) is 50.2 Å². The number of benzene rings is 1.